The number of thiophene rings is 1. The molecule has 1 aromatic heterocycles. The van der Waals surface area contributed by atoms with Gasteiger partial charge in [-0.05, 0) is 67.3 Å². The first-order valence-electron chi connectivity index (χ1n) is 11.2. The second-order valence-electron chi connectivity index (χ2n) is 8.52. The van der Waals surface area contributed by atoms with Gasteiger partial charge in [-0.15, -0.1) is 11.3 Å². The van der Waals surface area contributed by atoms with Crippen molar-refractivity contribution in [2.75, 3.05) is 0 Å². The lowest BCUT2D eigenvalue weighted by atomic mass is 9.84. The van der Waals surface area contributed by atoms with Crippen molar-refractivity contribution in [3.63, 3.8) is 0 Å². The van der Waals surface area contributed by atoms with E-state index in [1.54, 1.807) is 11.3 Å². The molecule has 156 valence electrons. The molecule has 3 aromatic rings. The first-order valence-corrected chi connectivity index (χ1v) is 12.1. The second kappa shape index (κ2) is 10.1. The molecule has 1 saturated carbocycles. The van der Waals surface area contributed by atoms with Crippen LogP contribution in [0.15, 0.2) is 66.7 Å². The second-order valence-corrected chi connectivity index (χ2v) is 9.60. The van der Waals surface area contributed by atoms with Gasteiger partial charge in [0.1, 0.15) is 0 Å². The molecule has 0 bridgehead atoms. The highest BCUT2D eigenvalue weighted by atomic mass is 32.1. The molecule has 0 spiro atoms. The third kappa shape index (κ3) is 5.40. The van der Waals surface area contributed by atoms with Crippen LogP contribution in [0.25, 0.3) is 10.4 Å². The number of hydrogen-bond acceptors (Lipinski definition) is 2. The van der Waals surface area contributed by atoms with Crippen molar-refractivity contribution in [2.24, 2.45) is 0 Å². The van der Waals surface area contributed by atoms with E-state index in [-0.39, 0.29) is 11.9 Å². The zero-order valence-electron chi connectivity index (χ0n) is 17.8. The molecule has 1 atom stereocenters. The highest BCUT2D eigenvalue weighted by Gasteiger charge is 2.16. The maximum atomic E-state index is 12.7. The topological polar surface area (TPSA) is 29.1 Å². The Balaban J connectivity index is 1.33. The molecule has 1 N–H and O–H groups in total. The summed E-state index contributed by atoms with van der Waals surface area (Å²) in [6.07, 6.45) is 8.68. The fraction of sp³-hybridized carbons (Fsp3) is 0.370. The van der Waals surface area contributed by atoms with Gasteiger partial charge in [-0.25, -0.2) is 0 Å². The van der Waals surface area contributed by atoms with Gasteiger partial charge < -0.3 is 5.32 Å². The van der Waals surface area contributed by atoms with Crippen LogP contribution in [-0.2, 0) is 6.42 Å². The van der Waals surface area contributed by atoms with Gasteiger partial charge in [0.15, 0.2) is 0 Å². The van der Waals surface area contributed by atoms with Crippen LogP contribution in [0.5, 0.6) is 0 Å². The Hall–Kier alpha value is -2.39. The standard InChI is InChI=1S/C27H31NOS/c1-20(12-13-21-8-4-2-5-9-21)28-27(29)26-19-18-25(30-26)24-16-14-23(15-17-24)22-10-6-3-7-11-22/h2,4-5,8-9,14-20,22H,3,6-7,10-13H2,1H3,(H,28,29)/t20-/m0/s1. The summed E-state index contributed by atoms with van der Waals surface area (Å²) < 4.78 is 0. The molecule has 0 unspecified atom stereocenters. The molecule has 30 heavy (non-hydrogen) atoms. The highest BCUT2D eigenvalue weighted by molar-refractivity contribution is 7.17. The molecule has 4 rings (SSSR count). The van der Waals surface area contributed by atoms with Crippen molar-refractivity contribution in [1.82, 2.24) is 5.32 Å². The summed E-state index contributed by atoms with van der Waals surface area (Å²) in [5.41, 5.74) is 3.99. The largest absolute Gasteiger partial charge is 0.349 e. The van der Waals surface area contributed by atoms with Crippen LogP contribution in [0.2, 0.25) is 0 Å². The Kier molecular flexibility index (Phi) is 7.01. The molecule has 2 aromatic carbocycles. The number of carbonyl (C=O) groups is 1. The highest BCUT2D eigenvalue weighted by Crippen LogP contribution is 2.34. The van der Waals surface area contributed by atoms with Crippen LogP contribution >= 0.6 is 11.3 Å². The van der Waals surface area contributed by atoms with Gasteiger partial charge in [-0.2, -0.15) is 0 Å². The Labute approximate surface area is 184 Å². The predicted molar refractivity (Wildman–Crippen MR) is 127 cm³/mol. The summed E-state index contributed by atoms with van der Waals surface area (Å²) in [6, 6.07) is 23.6. The smallest absolute Gasteiger partial charge is 0.261 e. The molecular formula is C27H31NOS. The fourth-order valence-corrected chi connectivity index (χ4v) is 5.28. The molecule has 0 aliphatic heterocycles. The van der Waals surface area contributed by atoms with E-state index in [1.807, 2.05) is 12.1 Å². The van der Waals surface area contributed by atoms with Gasteiger partial charge >= 0.3 is 0 Å². The maximum absolute atomic E-state index is 12.7. The molecule has 0 saturated heterocycles. The van der Waals surface area contributed by atoms with E-state index in [9.17, 15) is 4.79 Å². The minimum atomic E-state index is 0.0330. The minimum absolute atomic E-state index is 0.0330. The molecule has 1 amide bonds. The molecular weight excluding hydrogens is 386 g/mol. The van der Waals surface area contributed by atoms with Crippen molar-refractivity contribution in [1.29, 1.82) is 0 Å². The van der Waals surface area contributed by atoms with Crippen molar-refractivity contribution in [3.05, 3.63) is 82.7 Å². The van der Waals surface area contributed by atoms with Crippen LogP contribution in [-0.4, -0.2) is 11.9 Å². The minimum Gasteiger partial charge on any atom is -0.349 e. The molecule has 3 heteroatoms. The quantitative estimate of drug-likeness (QED) is 0.432. The van der Waals surface area contributed by atoms with E-state index in [1.165, 1.54) is 48.8 Å². The van der Waals surface area contributed by atoms with Crippen LogP contribution in [0.3, 0.4) is 0 Å². The first-order chi connectivity index (χ1) is 14.7. The lowest BCUT2D eigenvalue weighted by Crippen LogP contribution is -2.32. The number of aryl methyl sites for hydroxylation is 1. The number of nitrogens with one attached hydrogen (secondary N) is 1. The zero-order chi connectivity index (χ0) is 20.8. The van der Waals surface area contributed by atoms with Crippen molar-refractivity contribution in [2.45, 2.75) is 63.8 Å². The summed E-state index contributed by atoms with van der Waals surface area (Å²) in [6.45, 7) is 2.08. The van der Waals surface area contributed by atoms with E-state index in [0.717, 1.165) is 28.5 Å². The molecule has 0 radical (unpaired) electrons. The van der Waals surface area contributed by atoms with E-state index in [0.29, 0.717) is 0 Å². The van der Waals surface area contributed by atoms with Gasteiger partial charge in [-0.1, -0.05) is 73.9 Å². The summed E-state index contributed by atoms with van der Waals surface area (Å²) in [5, 5.41) is 3.15. The Morgan fingerprint density at radius 3 is 2.43 bits per heavy atom. The molecule has 2 nitrogen and oxygen atoms in total. The molecule has 1 fully saturated rings. The monoisotopic (exact) mass is 417 g/mol. The lowest BCUT2D eigenvalue weighted by molar-refractivity contribution is 0.0942. The number of hydrogen-bond donors (Lipinski definition) is 1. The molecule has 1 aliphatic carbocycles. The van der Waals surface area contributed by atoms with E-state index >= 15 is 0 Å². The first kappa shape index (κ1) is 20.9. The van der Waals surface area contributed by atoms with Gasteiger partial charge in [0.2, 0.25) is 0 Å². The van der Waals surface area contributed by atoms with Crippen LogP contribution in [0.4, 0.5) is 0 Å². The average molecular weight is 418 g/mol. The van der Waals surface area contributed by atoms with E-state index in [2.05, 4.69) is 66.8 Å². The normalized spacial score (nSPS) is 15.6. The number of amides is 1. The fourth-order valence-electron chi connectivity index (χ4n) is 4.37. The van der Waals surface area contributed by atoms with Crippen molar-refractivity contribution >= 4 is 17.2 Å². The summed E-state index contributed by atoms with van der Waals surface area (Å²) in [7, 11) is 0. The van der Waals surface area contributed by atoms with Crippen LogP contribution in [0, 0.1) is 0 Å². The summed E-state index contributed by atoms with van der Waals surface area (Å²) in [5.74, 6) is 0.764. The third-order valence-corrected chi connectivity index (χ3v) is 7.32. The van der Waals surface area contributed by atoms with Gasteiger partial charge in [0, 0.05) is 10.9 Å². The zero-order valence-corrected chi connectivity index (χ0v) is 18.6. The van der Waals surface area contributed by atoms with Gasteiger partial charge in [-0.3, -0.25) is 4.79 Å². The molecule has 1 heterocycles. The van der Waals surface area contributed by atoms with E-state index < -0.39 is 0 Å². The maximum Gasteiger partial charge on any atom is 0.261 e. The van der Waals surface area contributed by atoms with Crippen LogP contribution < -0.4 is 5.32 Å². The lowest BCUT2D eigenvalue weighted by Gasteiger charge is -2.22. The van der Waals surface area contributed by atoms with Gasteiger partial charge in [0.25, 0.3) is 5.91 Å². The molecule has 1 aliphatic rings. The van der Waals surface area contributed by atoms with Crippen molar-refractivity contribution < 1.29 is 4.79 Å². The summed E-state index contributed by atoms with van der Waals surface area (Å²) >= 11 is 1.58. The Morgan fingerprint density at radius 1 is 0.967 bits per heavy atom. The average Bonchev–Trinajstić information content (AvgIpc) is 3.30. The van der Waals surface area contributed by atoms with E-state index in [4.69, 9.17) is 0 Å². The summed E-state index contributed by atoms with van der Waals surface area (Å²) in [4.78, 5) is 14.6. The number of benzene rings is 2. The predicted octanol–water partition coefficient (Wildman–Crippen LogP) is 7.21. The SMILES string of the molecule is C[C@@H](CCc1ccccc1)NC(=O)c1ccc(-c2ccc(C3CCCCC3)cc2)s1. The number of rotatable bonds is 7. The van der Waals surface area contributed by atoms with Crippen molar-refractivity contribution in [3.8, 4) is 10.4 Å². The van der Waals surface area contributed by atoms with Gasteiger partial charge in [0.05, 0.1) is 4.88 Å². The Morgan fingerprint density at radius 2 is 1.70 bits per heavy atom. The third-order valence-electron chi connectivity index (χ3n) is 6.19. The van der Waals surface area contributed by atoms with Crippen LogP contribution in [0.1, 0.15) is 72.2 Å². The Bertz CT molecular complexity index is 939. The number of carbonyl (C=O) groups excluding carboxylic acids is 1.